The van der Waals surface area contributed by atoms with E-state index in [2.05, 4.69) is 20.8 Å². The summed E-state index contributed by atoms with van der Waals surface area (Å²) in [6.45, 7) is 6.70. The summed E-state index contributed by atoms with van der Waals surface area (Å²) in [4.78, 5) is 25.2. The van der Waals surface area contributed by atoms with Gasteiger partial charge in [0, 0.05) is 17.8 Å². The van der Waals surface area contributed by atoms with Crippen LogP contribution in [0.1, 0.15) is 85.0 Å². The minimum Gasteiger partial charge on any atom is -0.299 e. The van der Waals surface area contributed by atoms with E-state index in [9.17, 15) is 9.59 Å². The van der Waals surface area contributed by atoms with Gasteiger partial charge >= 0.3 is 0 Å². The van der Waals surface area contributed by atoms with E-state index in [1.807, 2.05) is 6.08 Å². The smallest absolute Gasteiger partial charge is 0.156 e. The Labute approximate surface area is 157 Å². The highest BCUT2D eigenvalue weighted by molar-refractivity contribution is 5.93. The summed E-state index contributed by atoms with van der Waals surface area (Å²) in [5, 5.41) is 0. The van der Waals surface area contributed by atoms with Crippen molar-refractivity contribution in [1.82, 2.24) is 0 Å². The number of allylic oxidation sites excluding steroid dienone is 4. The van der Waals surface area contributed by atoms with Crippen LogP contribution in [0.2, 0.25) is 0 Å². The standard InChI is InChI=1S/C24H32O2/c1-15(2)21(26)24-12-10-23(11-13-24)20-7-4-16-14-17(25)5-6-18(16)19(20)8-9-22(23,24)3/h14-15,20H,4-13H2,1-3H3/t20-,22+,23?,24?/m1/s1. The molecule has 0 N–H and O–H groups in total. The lowest BCUT2D eigenvalue weighted by Crippen LogP contribution is -2.50. The lowest BCUT2D eigenvalue weighted by Gasteiger charge is -2.56. The van der Waals surface area contributed by atoms with Gasteiger partial charge in [0.05, 0.1) is 0 Å². The maximum atomic E-state index is 13.3. The number of fused-ring (bicyclic) bond motifs is 2. The van der Waals surface area contributed by atoms with Crippen LogP contribution in [0.3, 0.4) is 0 Å². The Morgan fingerprint density at radius 3 is 2.46 bits per heavy atom. The molecule has 0 aromatic carbocycles. The van der Waals surface area contributed by atoms with Gasteiger partial charge in [0.1, 0.15) is 5.78 Å². The summed E-state index contributed by atoms with van der Waals surface area (Å²) in [6, 6.07) is 0. The zero-order valence-corrected chi connectivity index (χ0v) is 16.6. The normalized spacial score (nSPS) is 43.9. The van der Waals surface area contributed by atoms with Gasteiger partial charge in [-0.2, -0.15) is 0 Å². The summed E-state index contributed by atoms with van der Waals surface area (Å²) in [5.74, 6) is 1.71. The average molecular weight is 353 g/mol. The molecule has 5 aliphatic carbocycles. The molecule has 3 fully saturated rings. The number of hydrogen-bond donors (Lipinski definition) is 0. The van der Waals surface area contributed by atoms with E-state index < -0.39 is 0 Å². The maximum Gasteiger partial charge on any atom is 0.156 e. The summed E-state index contributed by atoms with van der Waals surface area (Å²) in [5.41, 5.74) is 5.11. The van der Waals surface area contributed by atoms with Crippen molar-refractivity contribution < 1.29 is 9.59 Å². The molecule has 0 aromatic heterocycles. The molecule has 2 heteroatoms. The highest BCUT2D eigenvalue weighted by Crippen LogP contribution is 2.80. The molecule has 0 spiro atoms. The minimum atomic E-state index is -0.0456. The first kappa shape index (κ1) is 17.0. The Kier molecular flexibility index (Phi) is 3.39. The van der Waals surface area contributed by atoms with E-state index in [4.69, 9.17) is 0 Å². The largest absolute Gasteiger partial charge is 0.299 e. The van der Waals surface area contributed by atoms with E-state index >= 15 is 0 Å². The average Bonchev–Trinajstić information content (AvgIpc) is 3.05. The van der Waals surface area contributed by atoms with Gasteiger partial charge in [-0.1, -0.05) is 26.3 Å². The molecule has 0 radical (unpaired) electrons. The van der Waals surface area contributed by atoms with Crippen LogP contribution >= 0.6 is 0 Å². The van der Waals surface area contributed by atoms with Gasteiger partial charge in [-0.3, -0.25) is 9.59 Å². The molecule has 5 rings (SSSR count). The van der Waals surface area contributed by atoms with Crippen LogP contribution in [0.4, 0.5) is 0 Å². The Morgan fingerprint density at radius 2 is 1.77 bits per heavy atom. The maximum absolute atomic E-state index is 13.3. The van der Waals surface area contributed by atoms with E-state index in [0.29, 0.717) is 29.3 Å². The third kappa shape index (κ3) is 1.75. The highest BCUT2D eigenvalue weighted by atomic mass is 16.1. The van der Waals surface area contributed by atoms with Crippen molar-refractivity contribution in [3.8, 4) is 0 Å². The molecule has 2 nitrogen and oxygen atoms in total. The van der Waals surface area contributed by atoms with Crippen molar-refractivity contribution in [1.29, 1.82) is 0 Å². The number of ketones is 2. The lowest BCUT2D eigenvalue weighted by molar-refractivity contribution is -0.139. The second-order valence-electron chi connectivity index (χ2n) is 10.3. The van der Waals surface area contributed by atoms with Crippen LogP contribution in [0.5, 0.6) is 0 Å². The number of rotatable bonds is 2. The quantitative estimate of drug-likeness (QED) is 0.651. The fraction of sp³-hybridized carbons (Fsp3) is 0.750. The third-order valence-corrected chi connectivity index (χ3v) is 9.56. The summed E-state index contributed by atoms with van der Waals surface area (Å²) in [6.07, 6.45) is 13.0. The highest BCUT2D eigenvalue weighted by Gasteiger charge is 2.74. The van der Waals surface area contributed by atoms with E-state index in [1.165, 1.54) is 31.3 Å². The van der Waals surface area contributed by atoms with Crippen LogP contribution in [0.15, 0.2) is 22.8 Å². The van der Waals surface area contributed by atoms with Crippen molar-refractivity contribution in [2.45, 2.75) is 85.0 Å². The first-order chi connectivity index (χ1) is 12.3. The van der Waals surface area contributed by atoms with Crippen molar-refractivity contribution >= 4 is 11.6 Å². The molecular weight excluding hydrogens is 320 g/mol. The molecule has 140 valence electrons. The topological polar surface area (TPSA) is 34.1 Å². The molecule has 0 amide bonds. The van der Waals surface area contributed by atoms with Crippen LogP contribution in [-0.2, 0) is 9.59 Å². The molecule has 0 aliphatic heterocycles. The molecular formula is C24H32O2. The Bertz CT molecular complexity index is 757. The van der Waals surface area contributed by atoms with Crippen LogP contribution in [0.25, 0.3) is 0 Å². The van der Waals surface area contributed by atoms with Gasteiger partial charge in [0.15, 0.2) is 5.78 Å². The van der Waals surface area contributed by atoms with Gasteiger partial charge < -0.3 is 0 Å². The molecule has 0 aromatic rings. The first-order valence-electron chi connectivity index (χ1n) is 10.8. The minimum absolute atomic E-state index is 0.0456. The zero-order chi connectivity index (χ0) is 18.3. The van der Waals surface area contributed by atoms with Gasteiger partial charge in [-0.05, 0) is 91.8 Å². The van der Waals surface area contributed by atoms with Crippen LogP contribution in [0, 0.1) is 28.1 Å². The molecule has 2 atom stereocenters. The second-order valence-corrected chi connectivity index (χ2v) is 10.3. The lowest BCUT2D eigenvalue weighted by atomic mass is 9.48. The Morgan fingerprint density at radius 1 is 1.04 bits per heavy atom. The predicted molar refractivity (Wildman–Crippen MR) is 103 cm³/mol. The van der Waals surface area contributed by atoms with Crippen molar-refractivity contribution in [2.24, 2.45) is 28.1 Å². The molecule has 5 aliphatic rings. The summed E-state index contributed by atoms with van der Waals surface area (Å²) < 4.78 is 0. The molecule has 26 heavy (non-hydrogen) atoms. The van der Waals surface area contributed by atoms with Gasteiger partial charge in [-0.15, -0.1) is 0 Å². The molecule has 0 unspecified atom stereocenters. The van der Waals surface area contributed by atoms with Gasteiger partial charge in [0.25, 0.3) is 0 Å². The van der Waals surface area contributed by atoms with E-state index in [0.717, 1.165) is 32.1 Å². The van der Waals surface area contributed by atoms with E-state index in [1.54, 1.807) is 11.1 Å². The fourth-order valence-electron chi connectivity index (χ4n) is 8.35. The summed E-state index contributed by atoms with van der Waals surface area (Å²) in [7, 11) is 0. The first-order valence-corrected chi connectivity index (χ1v) is 10.8. The second kappa shape index (κ2) is 5.20. The Balaban J connectivity index is 1.61. The van der Waals surface area contributed by atoms with Crippen molar-refractivity contribution in [2.75, 3.05) is 0 Å². The number of carbonyl (C=O) groups is 2. The number of hydrogen-bond acceptors (Lipinski definition) is 2. The molecule has 2 bridgehead atoms. The van der Waals surface area contributed by atoms with Gasteiger partial charge in [-0.25, -0.2) is 0 Å². The van der Waals surface area contributed by atoms with Crippen molar-refractivity contribution in [3.63, 3.8) is 0 Å². The van der Waals surface area contributed by atoms with Gasteiger partial charge in [0.2, 0.25) is 0 Å². The number of carbonyl (C=O) groups excluding carboxylic acids is 2. The zero-order valence-electron chi connectivity index (χ0n) is 16.6. The SMILES string of the molecule is CC(C)C(=O)C12CCC3(CC1)[C@@H]1CCC4=CC(=O)CCC4=C1CC[C@]23C. The monoisotopic (exact) mass is 352 g/mol. The fourth-order valence-corrected chi connectivity index (χ4v) is 8.35. The van der Waals surface area contributed by atoms with Crippen LogP contribution in [-0.4, -0.2) is 11.6 Å². The summed E-state index contributed by atoms with van der Waals surface area (Å²) >= 11 is 0. The molecule has 0 heterocycles. The van der Waals surface area contributed by atoms with E-state index in [-0.39, 0.29) is 16.7 Å². The predicted octanol–water partition coefficient (Wildman–Crippen LogP) is 5.57. The van der Waals surface area contributed by atoms with Crippen molar-refractivity contribution in [3.05, 3.63) is 22.8 Å². The molecule has 0 saturated heterocycles. The Hall–Kier alpha value is -1.18. The van der Waals surface area contributed by atoms with Crippen LogP contribution < -0.4 is 0 Å². The molecule has 3 saturated carbocycles. The number of Topliss-reactive ketones (excluding diaryl/α,β-unsaturated/α-hetero) is 1. The third-order valence-electron chi connectivity index (χ3n) is 9.56.